The van der Waals surface area contributed by atoms with E-state index in [4.69, 9.17) is 4.74 Å². The van der Waals surface area contributed by atoms with Gasteiger partial charge in [-0.1, -0.05) is 32.0 Å². The number of para-hydroxylation sites is 1. The van der Waals surface area contributed by atoms with E-state index in [2.05, 4.69) is 50.1 Å². The molecule has 0 saturated heterocycles. The minimum Gasteiger partial charge on any atom is -0.486 e. The van der Waals surface area contributed by atoms with Crippen LogP contribution in [0.25, 0.3) is 0 Å². The fourth-order valence-corrected chi connectivity index (χ4v) is 4.72. The van der Waals surface area contributed by atoms with Crippen LogP contribution in [-0.4, -0.2) is 48.0 Å². The Morgan fingerprint density at radius 2 is 1.92 bits per heavy atom. The molecule has 26 heavy (non-hydrogen) atoms. The van der Waals surface area contributed by atoms with Crippen LogP contribution in [0, 0.1) is 5.92 Å². The summed E-state index contributed by atoms with van der Waals surface area (Å²) in [4.78, 5) is 17.1. The van der Waals surface area contributed by atoms with Crippen molar-refractivity contribution in [2.24, 2.45) is 5.92 Å². The first kappa shape index (κ1) is 19.2. The van der Waals surface area contributed by atoms with Crippen LogP contribution in [0.4, 0.5) is 0 Å². The van der Waals surface area contributed by atoms with E-state index in [1.165, 1.54) is 5.56 Å². The van der Waals surface area contributed by atoms with Crippen molar-refractivity contribution in [1.82, 2.24) is 9.80 Å². The van der Waals surface area contributed by atoms with Crippen molar-refractivity contribution in [3.05, 3.63) is 29.8 Å². The van der Waals surface area contributed by atoms with E-state index in [1.54, 1.807) is 0 Å². The maximum Gasteiger partial charge on any atom is 0.225 e. The van der Waals surface area contributed by atoms with Crippen LogP contribution in [0.2, 0.25) is 0 Å². The van der Waals surface area contributed by atoms with Gasteiger partial charge in [0, 0.05) is 37.7 Å². The lowest BCUT2D eigenvalue weighted by atomic mass is 9.80. The minimum absolute atomic E-state index is 0.114. The highest BCUT2D eigenvalue weighted by Gasteiger charge is 2.42. The number of hydrogen-bond acceptors (Lipinski definition) is 3. The largest absolute Gasteiger partial charge is 0.486 e. The molecule has 1 fully saturated rings. The summed E-state index contributed by atoms with van der Waals surface area (Å²) in [5.74, 6) is 1.53. The van der Waals surface area contributed by atoms with Crippen molar-refractivity contribution in [1.29, 1.82) is 0 Å². The van der Waals surface area contributed by atoms with E-state index in [0.29, 0.717) is 11.9 Å². The Bertz CT molecular complexity index is 618. The monoisotopic (exact) mass is 358 g/mol. The van der Waals surface area contributed by atoms with E-state index >= 15 is 0 Å². The predicted octanol–water partition coefficient (Wildman–Crippen LogP) is 4.09. The third-order valence-corrected chi connectivity index (χ3v) is 6.39. The summed E-state index contributed by atoms with van der Waals surface area (Å²) in [6.07, 6.45) is 5.94. The second kappa shape index (κ2) is 7.99. The Labute approximate surface area is 158 Å². The van der Waals surface area contributed by atoms with Gasteiger partial charge in [0.1, 0.15) is 11.4 Å². The Kier molecular flexibility index (Phi) is 5.91. The van der Waals surface area contributed by atoms with Gasteiger partial charge >= 0.3 is 0 Å². The predicted molar refractivity (Wildman–Crippen MR) is 105 cm³/mol. The lowest BCUT2D eigenvalue weighted by Crippen LogP contribution is -2.51. The number of hydrogen-bond donors (Lipinski definition) is 0. The van der Waals surface area contributed by atoms with Gasteiger partial charge in [0.25, 0.3) is 0 Å². The van der Waals surface area contributed by atoms with E-state index in [1.807, 2.05) is 11.9 Å². The molecule has 0 radical (unpaired) electrons. The second-order valence-electron chi connectivity index (χ2n) is 8.26. The molecule has 3 rings (SSSR count). The molecule has 0 bridgehead atoms. The van der Waals surface area contributed by atoms with E-state index in [0.717, 1.165) is 57.4 Å². The van der Waals surface area contributed by atoms with Crippen molar-refractivity contribution in [3.8, 4) is 5.75 Å². The average molecular weight is 359 g/mol. The lowest BCUT2D eigenvalue weighted by Gasteiger charge is -2.43. The highest BCUT2D eigenvalue weighted by atomic mass is 16.5. The van der Waals surface area contributed by atoms with Crippen molar-refractivity contribution in [2.45, 2.75) is 70.6 Å². The lowest BCUT2D eigenvalue weighted by molar-refractivity contribution is -0.138. The molecule has 1 aliphatic carbocycles. The highest BCUT2D eigenvalue weighted by molar-refractivity contribution is 5.78. The van der Waals surface area contributed by atoms with Crippen LogP contribution in [-0.2, 0) is 11.3 Å². The zero-order valence-electron chi connectivity index (χ0n) is 16.8. The minimum atomic E-state index is -0.114. The molecule has 1 spiro atoms. The summed E-state index contributed by atoms with van der Waals surface area (Å²) in [7, 11) is 4.18. The van der Waals surface area contributed by atoms with Crippen LogP contribution in [0.3, 0.4) is 0 Å². The fourth-order valence-electron chi connectivity index (χ4n) is 4.72. The Hall–Kier alpha value is -1.55. The molecule has 2 aliphatic rings. The van der Waals surface area contributed by atoms with Gasteiger partial charge in [-0.05, 0) is 51.6 Å². The summed E-state index contributed by atoms with van der Waals surface area (Å²) >= 11 is 0. The number of nitrogens with zero attached hydrogens (tertiary/aromatic N) is 2. The van der Waals surface area contributed by atoms with Crippen LogP contribution in [0.1, 0.15) is 57.9 Å². The molecule has 0 unspecified atom stereocenters. The fraction of sp³-hybridized carbons (Fsp3) is 0.682. The van der Waals surface area contributed by atoms with E-state index in [-0.39, 0.29) is 11.5 Å². The molecule has 0 aromatic heterocycles. The van der Waals surface area contributed by atoms with Gasteiger partial charge in [-0.2, -0.15) is 0 Å². The zero-order chi connectivity index (χ0) is 18.7. The van der Waals surface area contributed by atoms with Gasteiger partial charge in [-0.3, -0.25) is 9.69 Å². The molecule has 1 aromatic rings. The van der Waals surface area contributed by atoms with Gasteiger partial charge in [0.2, 0.25) is 5.91 Å². The van der Waals surface area contributed by atoms with Crippen molar-refractivity contribution in [2.75, 3.05) is 20.6 Å². The molecule has 1 aromatic carbocycles. The third-order valence-electron chi connectivity index (χ3n) is 6.39. The Balaban J connectivity index is 1.68. The topological polar surface area (TPSA) is 32.8 Å². The molecule has 0 atom stereocenters. The molecule has 4 heteroatoms. The number of fused-ring (bicyclic) bond motifs is 1. The summed E-state index contributed by atoms with van der Waals surface area (Å²) < 4.78 is 6.59. The molecule has 0 N–H and O–H groups in total. The standard InChI is InChI=1S/C22H34N2O2/c1-5-17(6-2)21(25)24(4)19-11-13-22(14-12-19)16-23(3)15-18-9-7-8-10-20(18)26-22/h7-10,17,19H,5-6,11-16H2,1-4H3. The number of carbonyl (C=O) groups is 1. The van der Waals surface area contributed by atoms with E-state index in [9.17, 15) is 4.79 Å². The number of likely N-dealkylation sites (N-methyl/N-ethyl adjacent to an activating group) is 1. The highest BCUT2D eigenvalue weighted by Crippen LogP contribution is 2.39. The maximum atomic E-state index is 12.7. The average Bonchev–Trinajstić information content (AvgIpc) is 2.77. The summed E-state index contributed by atoms with van der Waals surface area (Å²) in [6.45, 7) is 6.12. The number of ether oxygens (including phenoxy) is 1. The first-order valence-electron chi connectivity index (χ1n) is 10.2. The quantitative estimate of drug-likeness (QED) is 0.813. The molecule has 1 heterocycles. The molecular formula is C22H34N2O2. The van der Waals surface area contributed by atoms with Crippen LogP contribution < -0.4 is 4.74 Å². The molecule has 4 nitrogen and oxygen atoms in total. The molecule has 1 aliphatic heterocycles. The Morgan fingerprint density at radius 1 is 1.27 bits per heavy atom. The molecule has 144 valence electrons. The third kappa shape index (κ3) is 3.90. The van der Waals surface area contributed by atoms with Crippen molar-refractivity contribution >= 4 is 5.91 Å². The van der Waals surface area contributed by atoms with Crippen LogP contribution in [0.15, 0.2) is 24.3 Å². The van der Waals surface area contributed by atoms with Gasteiger partial charge < -0.3 is 9.64 Å². The van der Waals surface area contributed by atoms with E-state index < -0.39 is 0 Å². The van der Waals surface area contributed by atoms with Gasteiger partial charge in [0.05, 0.1) is 0 Å². The first-order valence-corrected chi connectivity index (χ1v) is 10.2. The number of rotatable bonds is 4. The van der Waals surface area contributed by atoms with Crippen molar-refractivity contribution < 1.29 is 9.53 Å². The summed E-state index contributed by atoms with van der Waals surface area (Å²) in [5, 5.41) is 0. The summed E-state index contributed by atoms with van der Waals surface area (Å²) in [6, 6.07) is 8.76. The Morgan fingerprint density at radius 3 is 2.58 bits per heavy atom. The van der Waals surface area contributed by atoms with Crippen LogP contribution in [0.5, 0.6) is 5.75 Å². The molecular weight excluding hydrogens is 324 g/mol. The SMILES string of the molecule is CCC(CC)C(=O)N(C)C1CCC2(CC1)CN(C)Cc1ccccc1O2. The van der Waals surface area contributed by atoms with Gasteiger partial charge in [0.15, 0.2) is 0 Å². The smallest absolute Gasteiger partial charge is 0.225 e. The zero-order valence-corrected chi connectivity index (χ0v) is 16.8. The molecule has 1 saturated carbocycles. The summed E-state index contributed by atoms with van der Waals surface area (Å²) in [5.41, 5.74) is 1.16. The second-order valence-corrected chi connectivity index (χ2v) is 8.26. The van der Waals surface area contributed by atoms with Crippen LogP contribution >= 0.6 is 0 Å². The first-order chi connectivity index (χ1) is 12.5. The number of carbonyl (C=O) groups excluding carboxylic acids is 1. The van der Waals surface area contributed by atoms with Gasteiger partial charge in [-0.15, -0.1) is 0 Å². The maximum absolute atomic E-state index is 12.7. The number of benzene rings is 1. The molecule has 1 amide bonds. The normalized spacial score (nSPS) is 26.3. The van der Waals surface area contributed by atoms with Crippen molar-refractivity contribution in [3.63, 3.8) is 0 Å². The van der Waals surface area contributed by atoms with Gasteiger partial charge in [-0.25, -0.2) is 0 Å². The number of amides is 1.